The van der Waals surface area contributed by atoms with E-state index in [1.54, 1.807) is 12.1 Å². The van der Waals surface area contributed by atoms with Crippen molar-refractivity contribution in [2.45, 2.75) is 84.2 Å². The highest BCUT2D eigenvalue weighted by Gasteiger charge is 2.32. The first-order chi connectivity index (χ1) is 61.0. The average molecular weight is 1820 g/mol. The Balaban J connectivity index is 0.000000359. The fourth-order valence-electron chi connectivity index (χ4n) is 11.6. The number of esters is 8. The SMILES string of the molecule is C=CC(=O)OCCCCOC(=O)c1ccc(C(=O)Oc2ccc(OC(=O)N3CCN(C(=O)Oc4ccc(OC(=O)c5ccc(OCCCCOC(=O)C=C)cc5)c(C(C)=O)c4)CC3)cc2C(=O)OC)cc1.C=CC(=O)OCCCCOC1CCC(C(=O)O)CC1.COC(=O)c1cc(OC(=O)N2CCN(C(=O)Oc3ccc(O)c(C(C)=O)c3)CC2)ccc1O.CS(=O)(=O)Cl. The highest BCUT2D eigenvalue weighted by atomic mass is 35.7. The van der Waals surface area contributed by atoms with Crippen molar-refractivity contribution in [1.82, 2.24) is 19.6 Å². The number of carboxylic acids is 1. The molecule has 3 aliphatic rings. The Morgan fingerprint density at radius 1 is 0.391 bits per heavy atom. The number of phenols is 2. The van der Waals surface area contributed by atoms with Gasteiger partial charge in [0, 0.05) is 87.9 Å². The van der Waals surface area contributed by atoms with Crippen LogP contribution in [-0.4, -0.2) is 252 Å². The molecule has 6 aromatic carbocycles. The number of amides is 4. The van der Waals surface area contributed by atoms with E-state index in [1.165, 1.54) is 137 Å². The van der Waals surface area contributed by atoms with Gasteiger partial charge in [-0.05, 0) is 199 Å². The van der Waals surface area contributed by atoms with E-state index < -0.39 is 92.9 Å². The van der Waals surface area contributed by atoms with Crippen molar-refractivity contribution in [3.63, 3.8) is 0 Å². The zero-order valence-corrected chi connectivity index (χ0v) is 72.2. The summed E-state index contributed by atoms with van der Waals surface area (Å²) < 4.78 is 92.0. The number of rotatable bonds is 34. The molecule has 3 fully saturated rings. The number of carbonyl (C=O) groups excluding carboxylic acids is 14. The third-order valence-electron chi connectivity index (χ3n) is 18.4. The zero-order chi connectivity index (χ0) is 94.0. The van der Waals surface area contributed by atoms with Gasteiger partial charge in [0.15, 0.2) is 11.6 Å². The Labute approximate surface area is 739 Å². The summed E-state index contributed by atoms with van der Waals surface area (Å²) in [5, 5.41) is 28.3. The minimum atomic E-state index is -3.19. The summed E-state index contributed by atoms with van der Waals surface area (Å²) in [6.07, 6.45) is 8.29. The molecule has 1 saturated carbocycles. The van der Waals surface area contributed by atoms with Crippen LogP contribution in [0.5, 0.6) is 51.7 Å². The number of hydrogen-bond acceptors (Lipinski definition) is 33. The van der Waals surface area contributed by atoms with E-state index in [4.69, 9.17) is 66.7 Å². The Kier molecular flexibility index (Phi) is 42.1. The topological polar surface area (TPSA) is 493 Å². The molecule has 38 nitrogen and oxygen atoms in total. The number of aliphatic carboxylic acids is 1. The lowest BCUT2D eigenvalue weighted by Gasteiger charge is -2.33. The van der Waals surface area contributed by atoms with E-state index in [-0.39, 0.29) is 175 Å². The van der Waals surface area contributed by atoms with Crippen molar-refractivity contribution < 1.29 is 162 Å². The smallest absolute Gasteiger partial charge is 0.415 e. The summed E-state index contributed by atoms with van der Waals surface area (Å²) in [5.74, 6) is -7.26. The molecule has 6 aromatic rings. The number of benzene rings is 6. The van der Waals surface area contributed by atoms with Gasteiger partial charge in [0.05, 0.1) is 93.3 Å². The lowest BCUT2D eigenvalue weighted by Crippen LogP contribution is -2.52. The predicted molar refractivity (Wildman–Crippen MR) is 452 cm³/mol. The maximum atomic E-state index is 13.2. The summed E-state index contributed by atoms with van der Waals surface area (Å²) in [5.41, 5.74) is 0.0456. The summed E-state index contributed by atoms with van der Waals surface area (Å²) in [4.78, 5) is 187. The molecule has 0 aromatic heterocycles. The van der Waals surface area contributed by atoms with Crippen LogP contribution < -0.4 is 33.2 Å². The molecule has 0 spiro atoms. The Hall–Kier alpha value is -14.2. The number of Topliss-reactive ketones (excluding diaryl/α,β-unsaturated/α-hetero) is 2. The molecule has 2 saturated heterocycles. The molecule has 0 atom stereocenters. The maximum Gasteiger partial charge on any atom is 0.415 e. The molecular weight excluding hydrogens is 1720 g/mol. The van der Waals surface area contributed by atoms with Crippen molar-refractivity contribution >= 4 is 109 Å². The van der Waals surface area contributed by atoms with Gasteiger partial charge in [-0.3, -0.25) is 14.4 Å². The number of nitrogens with zero attached hydrogens (tertiary/aromatic N) is 4. The maximum absolute atomic E-state index is 13.2. The number of ketones is 2. The van der Waals surface area contributed by atoms with E-state index in [9.17, 15) is 90.5 Å². The second-order valence-corrected chi connectivity index (χ2v) is 30.7. The molecular formula is C88H97ClN4O34S. The lowest BCUT2D eigenvalue weighted by molar-refractivity contribution is -0.144. The standard InChI is InChI=1S/C51H50N2O18.C22H22N2O9.C14H22O5.CH3ClO2S/c1-5-44(55)65-28-8-7-27-64-37-17-15-36(16-18-37)48(59)70-42-21-19-38(31-40(42)33(3)54)68-50(61)52-23-25-53(26-24-52)51(62)69-39-20-22-43(41(32-39)49(60)63-4)71-47(58)35-13-11-34(12-14-35)46(57)67-30-10-9-29-66-45(56)6-2;1-13(25)16-11-14(3-5-18(16)26)32-21(29)23-7-9-24(10-8-23)22(30)33-15-4-6-19(27)17(12-15)20(28)31-2;1-2-13(15)19-10-4-3-9-18-12-7-5-11(6-8-12)14(16)17;1-5(2,3)4/h5-6,11-22,31-32H,1-2,7-10,23-30H2,3-4H3;3-6,11-12,26-27H,7-10H2,1-2H3;2,11-12H,1,3-10H2,(H,16,17);1H3. The van der Waals surface area contributed by atoms with E-state index >= 15 is 0 Å². The first kappa shape index (κ1) is 103. The van der Waals surface area contributed by atoms with Gasteiger partial charge in [0.25, 0.3) is 0 Å². The van der Waals surface area contributed by atoms with Crippen LogP contribution in [0.3, 0.4) is 0 Å². The molecule has 0 radical (unpaired) electrons. The summed E-state index contributed by atoms with van der Waals surface area (Å²) >= 11 is 0. The number of aromatic hydroxyl groups is 2. The fraction of sp³-hybridized carbons (Fsp3) is 0.352. The summed E-state index contributed by atoms with van der Waals surface area (Å²) in [6, 6.07) is 26.9. The highest BCUT2D eigenvalue weighted by Crippen LogP contribution is 2.32. The van der Waals surface area contributed by atoms with Gasteiger partial charge < -0.3 is 101 Å². The second-order valence-electron chi connectivity index (χ2n) is 27.7. The Bertz CT molecular complexity index is 5060. The van der Waals surface area contributed by atoms with Gasteiger partial charge in [-0.15, -0.1) is 0 Å². The van der Waals surface area contributed by atoms with Crippen molar-refractivity contribution in [3.05, 3.63) is 198 Å². The van der Waals surface area contributed by atoms with Crippen molar-refractivity contribution in [3.8, 4) is 51.7 Å². The highest BCUT2D eigenvalue weighted by molar-refractivity contribution is 8.13. The van der Waals surface area contributed by atoms with Gasteiger partial charge in [-0.1, -0.05) is 19.7 Å². The van der Waals surface area contributed by atoms with Crippen LogP contribution in [0.4, 0.5) is 19.2 Å². The minimum absolute atomic E-state index is 0.00354. The number of carbonyl (C=O) groups is 15. The first-order valence-electron chi connectivity index (χ1n) is 39.6. The molecule has 1 aliphatic carbocycles. The minimum Gasteiger partial charge on any atom is -0.507 e. The first-order valence-corrected chi connectivity index (χ1v) is 42.3. The third kappa shape index (κ3) is 35.4. The van der Waals surface area contributed by atoms with E-state index in [2.05, 4.69) is 35.2 Å². The fourth-order valence-corrected chi connectivity index (χ4v) is 11.6. The number of hydrogen-bond donors (Lipinski definition) is 3. The van der Waals surface area contributed by atoms with Gasteiger partial charge >= 0.3 is 78.1 Å². The largest absolute Gasteiger partial charge is 0.507 e. The molecule has 9 rings (SSSR count). The third-order valence-corrected chi connectivity index (χ3v) is 18.4. The number of piperazine rings is 2. The monoisotopic (exact) mass is 1820 g/mol. The van der Waals surface area contributed by atoms with E-state index in [0.29, 0.717) is 64.1 Å². The van der Waals surface area contributed by atoms with Crippen LogP contribution in [0.1, 0.15) is 151 Å². The number of unbranched alkanes of at least 4 members (excludes halogenated alkanes) is 3. The number of halogens is 1. The van der Waals surface area contributed by atoms with E-state index in [1.807, 2.05) is 0 Å². The Morgan fingerprint density at radius 2 is 0.695 bits per heavy atom. The number of ether oxygens (including phenoxy) is 14. The quantitative estimate of drug-likeness (QED) is 0.00642. The number of methoxy groups -OCH3 is 2. The van der Waals surface area contributed by atoms with Crippen molar-refractivity contribution in [1.29, 1.82) is 0 Å². The second kappa shape index (κ2) is 52.5. The summed E-state index contributed by atoms with van der Waals surface area (Å²) in [7, 11) is 3.58. The molecule has 3 N–H and O–H groups in total. The van der Waals surface area contributed by atoms with Crippen LogP contribution in [0.2, 0.25) is 0 Å². The van der Waals surface area contributed by atoms with Gasteiger partial charge in [0.1, 0.15) is 62.9 Å². The molecule has 128 heavy (non-hydrogen) atoms. The van der Waals surface area contributed by atoms with Crippen LogP contribution in [0.25, 0.3) is 0 Å². The molecule has 686 valence electrons. The Morgan fingerprint density at radius 3 is 1.07 bits per heavy atom. The van der Waals surface area contributed by atoms with Gasteiger partial charge in [-0.25, -0.2) is 66.0 Å². The number of phenolic OH excluding ortho intramolecular Hbond substituents is 2. The molecule has 4 amide bonds. The number of carboxylic acid groups (broad SMARTS) is 1. The average Bonchev–Trinajstić information content (AvgIpc) is 0.811. The lowest BCUT2D eigenvalue weighted by atomic mass is 9.87. The zero-order valence-electron chi connectivity index (χ0n) is 70.6. The molecule has 2 aliphatic heterocycles. The van der Waals surface area contributed by atoms with Crippen molar-refractivity contribution in [2.24, 2.45) is 5.92 Å². The van der Waals surface area contributed by atoms with Gasteiger partial charge in [-0.2, -0.15) is 0 Å². The molecule has 0 unspecified atom stereocenters. The van der Waals surface area contributed by atoms with Gasteiger partial charge in [0.2, 0.25) is 9.05 Å². The van der Waals surface area contributed by atoms with Crippen LogP contribution >= 0.6 is 10.7 Å². The summed E-state index contributed by atoms with van der Waals surface area (Å²) in [6.45, 7) is 15.2. The molecule has 40 heteroatoms. The van der Waals surface area contributed by atoms with Crippen LogP contribution in [0.15, 0.2) is 159 Å². The van der Waals surface area contributed by atoms with Crippen molar-refractivity contribution in [2.75, 3.05) is 112 Å². The van der Waals surface area contributed by atoms with E-state index in [0.717, 1.165) is 70.5 Å². The molecule has 0 bridgehead atoms. The van der Waals surface area contributed by atoms with Crippen LogP contribution in [0, 0.1) is 5.92 Å². The predicted octanol–water partition coefficient (Wildman–Crippen LogP) is 11.7. The normalized spacial score (nSPS) is 13.8. The van der Waals surface area contributed by atoms with Crippen LogP contribution in [-0.2, 0) is 61.4 Å². The molecule has 2 heterocycles.